The highest BCUT2D eigenvalue weighted by molar-refractivity contribution is 9.10. The number of halogens is 2. The lowest BCUT2D eigenvalue weighted by molar-refractivity contribution is -0.140. The summed E-state index contributed by atoms with van der Waals surface area (Å²) in [6, 6.07) is 14.4. The SMILES string of the molecule is O=C1Nc2ccc(Br)cc2C(O)(C(=O)NCc2cccs2)N1c1ccc(Cl)cc1. The zero-order valence-corrected chi connectivity index (χ0v) is 18.0. The van der Waals surface area contributed by atoms with Crippen LogP contribution in [0.15, 0.2) is 64.5 Å². The normalized spacial score (nSPS) is 18.2. The van der Waals surface area contributed by atoms with Gasteiger partial charge in [0.2, 0.25) is 0 Å². The molecule has 1 aliphatic heterocycles. The third-order valence-corrected chi connectivity index (χ3v) is 6.15. The maximum atomic E-state index is 13.3. The molecular formula is C20H15BrClN3O3S. The highest BCUT2D eigenvalue weighted by atomic mass is 79.9. The smallest absolute Gasteiger partial charge is 0.329 e. The second-order valence-corrected chi connectivity index (χ2v) is 8.75. The summed E-state index contributed by atoms with van der Waals surface area (Å²) in [6.45, 7) is 0.234. The van der Waals surface area contributed by atoms with Gasteiger partial charge in [-0.05, 0) is 53.9 Å². The first-order chi connectivity index (χ1) is 13.9. The average Bonchev–Trinajstić information content (AvgIpc) is 3.22. The minimum atomic E-state index is -2.26. The summed E-state index contributed by atoms with van der Waals surface area (Å²) >= 11 is 10.8. The van der Waals surface area contributed by atoms with E-state index in [9.17, 15) is 14.7 Å². The topological polar surface area (TPSA) is 81.7 Å². The van der Waals surface area contributed by atoms with E-state index < -0.39 is 17.7 Å². The maximum absolute atomic E-state index is 13.3. The molecule has 0 saturated heterocycles. The number of rotatable bonds is 4. The standard InChI is InChI=1S/C20H15BrClN3O3S/c21-12-3-8-17-16(10-12)20(28,18(26)23-11-15-2-1-9-29-15)25(19(27)24-17)14-6-4-13(22)5-7-14/h1-10,28H,11H2,(H,23,26)(H,24,27). The van der Waals surface area contributed by atoms with E-state index in [0.717, 1.165) is 9.78 Å². The Kier molecular flexibility index (Phi) is 5.35. The van der Waals surface area contributed by atoms with Crippen molar-refractivity contribution in [3.05, 3.63) is 79.9 Å². The van der Waals surface area contributed by atoms with Gasteiger partial charge < -0.3 is 15.7 Å². The van der Waals surface area contributed by atoms with Crippen LogP contribution >= 0.6 is 38.9 Å². The lowest BCUT2D eigenvalue weighted by Crippen LogP contribution is -2.62. The highest BCUT2D eigenvalue weighted by Gasteiger charge is 2.52. The molecule has 0 spiro atoms. The van der Waals surface area contributed by atoms with Gasteiger partial charge in [0, 0.05) is 25.6 Å². The molecule has 148 valence electrons. The third kappa shape index (κ3) is 3.64. The summed E-state index contributed by atoms with van der Waals surface area (Å²) in [4.78, 5) is 28.1. The molecule has 3 amide bonds. The van der Waals surface area contributed by atoms with Gasteiger partial charge in [0.05, 0.1) is 12.2 Å². The van der Waals surface area contributed by atoms with Crippen LogP contribution in [-0.2, 0) is 17.1 Å². The van der Waals surface area contributed by atoms with Gasteiger partial charge in [0.1, 0.15) is 0 Å². The van der Waals surface area contributed by atoms with Crippen molar-refractivity contribution in [3.63, 3.8) is 0 Å². The number of nitrogens with zero attached hydrogens (tertiary/aromatic N) is 1. The van der Waals surface area contributed by atoms with E-state index in [4.69, 9.17) is 11.6 Å². The number of benzene rings is 2. The molecule has 6 nitrogen and oxygen atoms in total. The van der Waals surface area contributed by atoms with Crippen LogP contribution in [0.2, 0.25) is 5.02 Å². The molecule has 0 aliphatic carbocycles. The molecular weight excluding hydrogens is 478 g/mol. The number of aliphatic hydroxyl groups is 1. The zero-order chi connectivity index (χ0) is 20.6. The Morgan fingerprint density at radius 1 is 1.24 bits per heavy atom. The first-order valence-corrected chi connectivity index (χ1v) is 10.6. The second kappa shape index (κ2) is 7.79. The number of amides is 3. The van der Waals surface area contributed by atoms with E-state index >= 15 is 0 Å². The van der Waals surface area contributed by atoms with Gasteiger partial charge in [-0.1, -0.05) is 33.6 Å². The monoisotopic (exact) mass is 491 g/mol. The molecule has 29 heavy (non-hydrogen) atoms. The molecule has 1 aliphatic rings. The maximum Gasteiger partial charge on any atom is 0.329 e. The predicted molar refractivity (Wildman–Crippen MR) is 117 cm³/mol. The molecule has 3 N–H and O–H groups in total. The van der Waals surface area contributed by atoms with Crippen LogP contribution in [0.4, 0.5) is 16.2 Å². The number of hydrogen-bond acceptors (Lipinski definition) is 4. The van der Waals surface area contributed by atoms with Crippen LogP contribution in [0.3, 0.4) is 0 Å². The number of thiophene rings is 1. The van der Waals surface area contributed by atoms with Crippen LogP contribution in [0.1, 0.15) is 10.4 Å². The molecule has 2 heterocycles. The minimum Gasteiger partial charge on any atom is -0.359 e. The molecule has 2 aromatic carbocycles. The van der Waals surface area contributed by atoms with Crippen LogP contribution in [0.25, 0.3) is 0 Å². The first-order valence-electron chi connectivity index (χ1n) is 8.59. The lowest BCUT2D eigenvalue weighted by atomic mass is 9.94. The fraction of sp³-hybridized carbons (Fsp3) is 0.100. The number of nitrogens with one attached hydrogen (secondary N) is 2. The Labute approximate surface area is 184 Å². The number of carbonyl (C=O) groups excluding carboxylic acids is 2. The Bertz CT molecular complexity index is 1080. The molecule has 9 heteroatoms. The van der Waals surface area contributed by atoms with E-state index in [-0.39, 0.29) is 12.1 Å². The van der Waals surface area contributed by atoms with E-state index in [1.807, 2.05) is 17.5 Å². The second-order valence-electron chi connectivity index (χ2n) is 6.37. The molecule has 4 rings (SSSR count). The number of urea groups is 1. The van der Waals surface area contributed by atoms with E-state index in [1.54, 1.807) is 42.5 Å². The van der Waals surface area contributed by atoms with Gasteiger partial charge in [-0.25, -0.2) is 4.79 Å². The fourth-order valence-electron chi connectivity index (χ4n) is 3.17. The van der Waals surface area contributed by atoms with Gasteiger partial charge >= 0.3 is 6.03 Å². The molecule has 0 fully saturated rings. The summed E-state index contributed by atoms with van der Waals surface area (Å²) in [5, 5.41) is 19.5. The zero-order valence-electron chi connectivity index (χ0n) is 14.9. The molecule has 1 aromatic heterocycles. The van der Waals surface area contributed by atoms with Gasteiger partial charge in [-0.2, -0.15) is 0 Å². The number of anilines is 2. The van der Waals surface area contributed by atoms with Gasteiger partial charge in [0.25, 0.3) is 11.6 Å². The summed E-state index contributed by atoms with van der Waals surface area (Å²) in [5.41, 5.74) is -1.32. The van der Waals surface area contributed by atoms with Gasteiger partial charge in [-0.3, -0.25) is 9.69 Å². The number of carbonyl (C=O) groups is 2. The summed E-state index contributed by atoms with van der Waals surface area (Å²) < 4.78 is 0.660. The first kappa shape index (κ1) is 19.9. The van der Waals surface area contributed by atoms with Crippen LogP contribution in [-0.4, -0.2) is 17.0 Å². The third-order valence-electron chi connectivity index (χ3n) is 4.53. The molecule has 3 aromatic rings. The number of fused-ring (bicyclic) bond motifs is 1. The quantitative estimate of drug-likeness (QED) is 0.495. The Balaban J connectivity index is 1.81. The summed E-state index contributed by atoms with van der Waals surface area (Å²) in [6.07, 6.45) is 0. The summed E-state index contributed by atoms with van der Waals surface area (Å²) in [5.74, 6) is -0.713. The Morgan fingerprint density at radius 2 is 2.00 bits per heavy atom. The van der Waals surface area contributed by atoms with Crippen molar-refractivity contribution >= 4 is 62.2 Å². The minimum absolute atomic E-state index is 0.234. The summed E-state index contributed by atoms with van der Waals surface area (Å²) in [7, 11) is 0. The van der Waals surface area contributed by atoms with Crippen LogP contribution in [0.5, 0.6) is 0 Å². The van der Waals surface area contributed by atoms with Crippen molar-refractivity contribution in [2.75, 3.05) is 10.2 Å². The molecule has 0 saturated carbocycles. The largest absolute Gasteiger partial charge is 0.359 e. The van der Waals surface area contributed by atoms with Crippen molar-refractivity contribution in [1.29, 1.82) is 0 Å². The number of hydrogen-bond donors (Lipinski definition) is 3. The van der Waals surface area contributed by atoms with Crippen molar-refractivity contribution in [2.45, 2.75) is 12.3 Å². The van der Waals surface area contributed by atoms with Crippen LogP contribution < -0.4 is 15.5 Å². The van der Waals surface area contributed by atoms with E-state index in [2.05, 4.69) is 26.6 Å². The fourth-order valence-corrected chi connectivity index (χ4v) is 4.31. The molecule has 0 bridgehead atoms. The van der Waals surface area contributed by atoms with Crippen LogP contribution in [0, 0.1) is 0 Å². The average molecular weight is 493 g/mol. The van der Waals surface area contributed by atoms with Gasteiger partial charge in [0.15, 0.2) is 0 Å². The van der Waals surface area contributed by atoms with Crippen molar-refractivity contribution in [1.82, 2.24) is 5.32 Å². The highest BCUT2D eigenvalue weighted by Crippen LogP contribution is 2.41. The molecule has 1 atom stereocenters. The predicted octanol–water partition coefficient (Wildman–Crippen LogP) is 4.68. The molecule has 1 unspecified atom stereocenters. The molecule has 0 radical (unpaired) electrons. The van der Waals surface area contributed by atoms with E-state index in [1.165, 1.54) is 11.3 Å². The van der Waals surface area contributed by atoms with Gasteiger partial charge in [-0.15, -0.1) is 11.3 Å². The van der Waals surface area contributed by atoms with Crippen molar-refractivity contribution in [2.24, 2.45) is 0 Å². The Morgan fingerprint density at radius 3 is 2.69 bits per heavy atom. The Hall–Kier alpha value is -2.39. The van der Waals surface area contributed by atoms with Crippen molar-refractivity contribution in [3.8, 4) is 0 Å². The van der Waals surface area contributed by atoms with Crippen molar-refractivity contribution < 1.29 is 14.7 Å². The lowest BCUT2D eigenvalue weighted by Gasteiger charge is -2.42. The van der Waals surface area contributed by atoms with E-state index in [0.29, 0.717) is 20.9 Å².